The minimum Gasteiger partial charge on any atom is -0.486 e. The van der Waals surface area contributed by atoms with Crippen molar-refractivity contribution in [2.75, 3.05) is 13.2 Å². The van der Waals surface area contributed by atoms with Crippen LogP contribution in [0.1, 0.15) is 5.56 Å². The first-order chi connectivity index (χ1) is 8.09. The molecule has 1 aliphatic heterocycles. The second-order valence-electron chi connectivity index (χ2n) is 3.39. The second kappa shape index (κ2) is 4.40. The molecule has 17 heavy (non-hydrogen) atoms. The van der Waals surface area contributed by atoms with E-state index in [0.29, 0.717) is 11.1 Å². The van der Waals surface area contributed by atoms with Crippen molar-refractivity contribution in [1.29, 1.82) is 0 Å². The van der Waals surface area contributed by atoms with E-state index in [4.69, 9.17) is 10.5 Å². The van der Waals surface area contributed by atoms with Gasteiger partial charge in [0.2, 0.25) is 5.82 Å². The van der Waals surface area contributed by atoms with E-state index >= 15 is 0 Å². The number of fused-ring (bicyclic) bond motifs is 1. The van der Waals surface area contributed by atoms with E-state index in [1.165, 1.54) is 6.07 Å². The highest BCUT2D eigenvalue weighted by Gasteiger charge is 2.21. The summed E-state index contributed by atoms with van der Waals surface area (Å²) in [5.41, 5.74) is 5.72. The van der Waals surface area contributed by atoms with Gasteiger partial charge in [-0.3, -0.25) is 0 Å². The summed E-state index contributed by atoms with van der Waals surface area (Å²) in [6.45, 7) is -0.0123. The van der Waals surface area contributed by atoms with E-state index in [1.54, 1.807) is 6.08 Å². The number of primary amides is 1. The summed E-state index contributed by atoms with van der Waals surface area (Å²) in [4.78, 5) is 10.5. The average molecular weight is 241 g/mol. The van der Waals surface area contributed by atoms with Gasteiger partial charge < -0.3 is 15.2 Å². The lowest BCUT2D eigenvalue weighted by Crippen LogP contribution is -2.17. The van der Waals surface area contributed by atoms with Crippen LogP contribution in [0.5, 0.6) is 5.75 Å². The van der Waals surface area contributed by atoms with Crippen LogP contribution in [0, 0.1) is 11.6 Å². The standard InChI is InChI=1S/C11H9F2NO3/c12-8-2-1-7-6(5-17-11(14)15)3-4-16-10(7)9(8)13/h1-3H,4-5H2,(H2,14,15). The fourth-order valence-corrected chi connectivity index (χ4v) is 1.55. The maximum absolute atomic E-state index is 13.4. The normalized spacial score (nSPS) is 13.4. The zero-order valence-electron chi connectivity index (χ0n) is 8.70. The van der Waals surface area contributed by atoms with Gasteiger partial charge in [-0.05, 0) is 23.8 Å². The summed E-state index contributed by atoms with van der Waals surface area (Å²) in [6, 6.07) is 2.35. The lowest BCUT2D eigenvalue weighted by molar-refractivity contribution is 0.170. The van der Waals surface area contributed by atoms with Crippen LogP contribution in [0.4, 0.5) is 13.6 Å². The largest absolute Gasteiger partial charge is 0.486 e. The number of ether oxygens (including phenoxy) is 2. The summed E-state index contributed by atoms with van der Waals surface area (Å²) in [7, 11) is 0. The van der Waals surface area contributed by atoms with Crippen LogP contribution in [0.3, 0.4) is 0 Å². The van der Waals surface area contributed by atoms with Crippen molar-refractivity contribution >= 4 is 11.7 Å². The molecule has 0 radical (unpaired) electrons. The highest BCUT2D eigenvalue weighted by atomic mass is 19.2. The Kier molecular flexibility index (Phi) is 2.95. The first-order valence-electron chi connectivity index (χ1n) is 4.82. The number of rotatable bonds is 2. The molecule has 0 atom stereocenters. The van der Waals surface area contributed by atoms with Crippen LogP contribution in [0.25, 0.3) is 5.57 Å². The van der Waals surface area contributed by atoms with Crippen molar-refractivity contribution < 1.29 is 23.0 Å². The van der Waals surface area contributed by atoms with Gasteiger partial charge in [-0.25, -0.2) is 9.18 Å². The fourth-order valence-electron chi connectivity index (χ4n) is 1.55. The molecule has 0 aromatic heterocycles. The number of hydrogen-bond donors (Lipinski definition) is 1. The van der Waals surface area contributed by atoms with E-state index in [0.717, 1.165) is 6.07 Å². The zero-order chi connectivity index (χ0) is 12.4. The molecule has 4 nitrogen and oxygen atoms in total. The molecule has 1 aliphatic rings. The van der Waals surface area contributed by atoms with Gasteiger partial charge in [0.25, 0.3) is 0 Å². The molecule has 0 spiro atoms. The van der Waals surface area contributed by atoms with Crippen LogP contribution < -0.4 is 10.5 Å². The number of nitrogens with two attached hydrogens (primary N) is 1. The van der Waals surface area contributed by atoms with Gasteiger partial charge in [-0.2, -0.15) is 4.39 Å². The van der Waals surface area contributed by atoms with Crippen LogP contribution in [-0.2, 0) is 4.74 Å². The molecule has 1 amide bonds. The third-order valence-corrected chi connectivity index (χ3v) is 2.32. The van der Waals surface area contributed by atoms with Crippen LogP contribution >= 0.6 is 0 Å². The van der Waals surface area contributed by atoms with Gasteiger partial charge in [0, 0.05) is 5.56 Å². The molecule has 1 aromatic rings. The van der Waals surface area contributed by atoms with E-state index in [-0.39, 0.29) is 19.0 Å². The molecule has 2 rings (SSSR count). The van der Waals surface area contributed by atoms with Gasteiger partial charge in [0.05, 0.1) is 0 Å². The molecule has 0 unspecified atom stereocenters. The SMILES string of the molecule is NC(=O)OCC1=CCOc2c1ccc(F)c2F. The van der Waals surface area contributed by atoms with E-state index in [9.17, 15) is 13.6 Å². The van der Waals surface area contributed by atoms with Crippen LogP contribution in [0.2, 0.25) is 0 Å². The van der Waals surface area contributed by atoms with E-state index in [1.807, 2.05) is 0 Å². The van der Waals surface area contributed by atoms with Crippen molar-refractivity contribution in [3.8, 4) is 5.75 Å². The number of halogens is 2. The maximum atomic E-state index is 13.4. The zero-order valence-corrected chi connectivity index (χ0v) is 8.70. The first kappa shape index (κ1) is 11.4. The van der Waals surface area contributed by atoms with Crippen molar-refractivity contribution in [2.24, 2.45) is 5.73 Å². The minimum absolute atomic E-state index is 0.0881. The fraction of sp³-hybridized carbons (Fsp3) is 0.182. The molecule has 0 aliphatic carbocycles. The molecule has 1 heterocycles. The minimum atomic E-state index is -1.05. The molecule has 90 valence electrons. The predicted octanol–water partition coefficient (Wildman–Crippen LogP) is 1.84. The molecule has 0 saturated carbocycles. The van der Waals surface area contributed by atoms with Crippen molar-refractivity contribution in [3.63, 3.8) is 0 Å². The molecular formula is C11H9F2NO3. The Labute approximate surface area is 95.6 Å². The second-order valence-corrected chi connectivity index (χ2v) is 3.39. The lowest BCUT2D eigenvalue weighted by atomic mass is 10.0. The van der Waals surface area contributed by atoms with Crippen LogP contribution in [0.15, 0.2) is 18.2 Å². The summed E-state index contributed by atoms with van der Waals surface area (Å²) >= 11 is 0. The Morgan fingerprint density at radius 1 is 1.47 bits per heavy atom. The Morgan fingerprint density at radius 3 is 2.94 bits per heavy atom. The third-order valence-electron chi connectivity index (χ3n) is 2.32. The average Bonchev–Trinajstić information content (AvgIpc) is 2.31. The van der Waals surface area contributed by atoms with E-state index < -0.39 is 17.7 Å². The molecule has 0 bridgehead atoms. The smallest absolute Gasteiger partial charge is 0.404 e. The third kappa shape index (κ3) is 2.20. The number of amides is 1. The Bertz CT molecular complexity index is 500. The molecule has 2 N–H and O–H groups in total. The summed E-state index contributed by atoms with van der Waals surface area (Å²) in [5.74, 6) is -2.21. The van der Waals surface area contributed by atoms with Crippen molar-refractivity contribution in [2.45, 2.75) is 0 Å². The molecule has 6 heteroatoms. The number of hydrogen-bond acceptors (Lipinski definition) is 3. The topological polar surface area (TPSA) is 61.6 Å². The van der Waals surface area contributed by atoms with Crippen molar-refractivity contribution in [1.82, 2.24) is 0 Å². The molecule has 0 fully saturated rings. The van der Waals surface area contributed by atoms with Crippen molar-refractivity contribution in [3.05, 3.63) is 35.4 Å². The first-order valence-corrected chi connectivity index (χ1v) is 4.82. The van der Waals surface area contributed by atoms with Gasteiger partial charge in [0.1, 0.15) is 13.2 Å². The van der Waals surface area contributed by atoms with Gasteiger partial charge in [0.15, 0.2) is 11.6 Å². The van der Waals surface area contributed by atoms with Gasteiger partial charge >= 0.3 is 6.09 Å². The Balaban J connectivity index is 2.32. The quantitative estimate of drug-likeness (QED) is 0.859. The predicted molar refractivity (Wildman–Crippen MR) is 55.4 cm³/mol. The number of carbonyl (C=O) groups is 1. The lowest BCUT2D eigenvalue weighted by Gasteiger charge is -2.18. The monoisotopic (exact) mass is 241 g/mol. The highest BCUT2D eigenvalue weighted by Crippen LogP contribution is 2.33. The van der Waals surface area contributed by atoms with Crippen LogP contribution in [-0.4, -0.2) is 19.3 Å². The maximum Gasteiger partial charge on any atom is 0.404 e. The summed E-state index contributed by atoms with van der Waals surface area (Å²) in [6.07, 6.45) is 0.685. The molecule has 1 aromatic carbocycles. The summed E-state index contributed by atoms with van der Waals surface area (Å²) in [5, 5.41) is 0. The Hall–Kier alpha value is -2.11. The van der Waals surface area contributed by atoms with Gasteiger partial charge in [-0.1, -0.05) is 0 Å². The van der Waals surface area contributed by atoms with Gasteiger partial charge in [-0.15, -0.1) is 0 Å². The molecule has 0 saturated heterocycles. The Morgan fingerprint density at radius 2 is 2.24 bits per heavy atom. The molecular weight excluding hydrogens is 232 g/mol. The highest BCUT2D eigenvalue weighted by molar-refractivity contribution is 5.75. The number of carbonyl (C=O) groups excluding carboxylic acids is 1. The summed E-state index contributed by atoms with van der Waals surface area (Å²) < 4.78 is 36.0. The van der Waals surface area contributed by atoms with E-state index in [2.05, 4.69) is 4.74 Å². The number of benzene rings is 1.